The van der Waals surface area contributed by atoms with Gasteiger partial charge in [-0.15, -0.1) is 0 Å². The Kier molecular flexibility index (Phi) is 1.47. The Morgan fingerprint density at radius 1 is 1.25 bits per heavy atom. The van der Waals surface area contributed by atoms with Crippen LogP contribution < -0.4 is 0 Å². The first kappa shape index (κ1) is 5.54. The molecule has 0 spiro atoms. The van der Waals surface area contributed by atoms with Crippen molar-refractivity contribution >= 4 is 6.21 Å². The molecular weight excluding hydrogens is 98.1 g/mol. The molecule has 0 saturated carbocycles. The predicted octanol–water partition coefficient (Wildman–Crippen LogP) is 1.86. The van der Waals surface area contributed by atoms with Gasteiger partial charge in [0.25, 0.3) is 0 Å². The van der Waals surface area contributed by atoms with Gasteiger partial charge in [-0.2, -0.15) is 0 Å². The Hall–Kier alpha value is -0.590. The van der Waals surface area contributed by atoms with Crippen LogP contribution in [0.2, 0.25) is 0 Å². The van der Waals surface area contributed by atoms with E-state index in [1.807, 2.05) is 12.4 Å². The van der Waals surface area contributed by atoms with Crippen molar-refractivity contribution in [3.05, 3.63) is 12.3 Å². The van der Waals surface area contributed by atoms with E-state index in [-0.39, 0.29) is 0 Å². The van der Waals surface area contributed by atoms with Crippen LogP contribution in [0.3, 0.4) is 0 Å². The first-order chi connectivity index (χ1) is 3.80. The van der Waals surface area contributed by atoms with Gasteiger partial charge < -0.3 is 0 Å². The third kappa shape index (κ3) is 0.971. The molecule has 0 aromatic carbocycles. The maximum Gasteiger partial charge on any atom is 0.0226 e. The van der Waals surface area contributed by atoms with Gasteiger partial charge in [0.1, 0.15) is 0 Å². The zero-order chi connectivity index (χ0) is 5.98. The van der Waals surface area contributed by atoms with Crippen LogP contribution in [0, 0.1) is 11.8 Å². The van der Waals surface area contributed by atoms with E-state index in [0.717, 1.165) is 0 Å². The number of aliphatic imine (C=N–C) groups is 1. The highest BCUT2D eigenvalue weighted by Gasteiger charge is 2.07. The lowest BCUT2D eigenvalue weighted by atomic mass is 9.96. The van der Waals surface area contributed by atoms with Gasteiger partial charge in [-0.25, -0.2) is 0 Å². The summed E-state index contributed by atoms with van der Waals surface area (Å²) in [7, 11) is 0. The average molecular weight is 109 g/mol. The molecule has 1 heterocycles. The highest BCUT2D eigenvalue weighted by atomic mass is 14.7. The van der Waals surface area contributed by atoms with E-state index in [2.05, 4.69) is 24.9 Å². The van der Waals surface area contributed by atoms with Crippen LogP contribution in [0.5, 0.6) is 0 Å². The SMILES string of the molecule is CC1C=CN=CC1C. The minimum absolute atomic E-state index is 0.625. The molecule has 0 bridgehead atoms. The standard InChI is InChI=1S/C7H11N/c1-6-3-4-8-5-7(6)2/h3-7H,1-2H3. The predicted molar refractivity (Wildman–Crippen MR) is 36.0 cm³/mol. The van der Waals surface area contributed by atoms with Crippen molar-refractivity contribution in [1.29, 1.82) is 0 Å². The van der Waals surface area contributed by atoms with E-state index in [4.69, 9.17) is 0 Å². The smallest absolute Gasteiger partial charge is 0.0226 e. The molecule has 0 radical (unpaired) electrons. The van der Waals surface area contributed by atoms with Gasteiger partial charge in [-0.3, -0.25) is 4.99 Å². The number of allylic oxidation sites excluding steroid dienone is 1. The topological polar surface area (TPSA) is 12.4 Å². The first-order valence-corrected chi connectivity index (χ1v) is 3.00. The second-order valence-electron chi connectivity index (χ2n) is 2.36. The van der Waals surface area contributed by atoms with Crippen molar-refractivity contribution < 1.29 is 0 Å². The molecule has 0 N–H and O–H groups in total. The molecule has 1 rings (SSSR count). The summed E-state index contributed by atoms with van der Waals surface area (Å²) in [5.41, 5.74) is 0. The van der Waals surface area contributed by atoms with E-state index < -0.39 is 0 Å². The van der Waals surface area contributed by atoms with Crippen LogP contribution in [0.4, 0.5) is 0 Å². The lowest BCUT2D eigenvalue weighted by Gasteiger charge is -2.12. The third-order valence-electron chi connectivity index (χ3n) is 1.63. The van der Waals surface area contributed by atoms with Crippen LogP contribution >= 0.6 is 0 Å². The van der Waals surface area contributed by atoms with Gasteiger partial charge in [0.15, 0.2) is 0 Å². The second-order valence-corrected chi connectivity index (χ2v) is 2.36. The quantitative estimate of drug-likeness (QED) is 0.450. The Morgan fingerprint density at radius 2 is 2.00 bits per heavy atom. The summed E-state index contributed by atoms with van der Waals surface area (Å²) in [5, 5.41) is 0. The lowest BCUT2D eigenvalue weighted by molar-refractivity contribution is 0.592. The average Bonchev–Trinajstić information content (AvgIpc) is 1.77. The summed E-state index contributed by atoms with van der Waals surface area (Å²) in [6, 6.07) is 0. The van der Waals surface area contributed by atoms with E-state index >= 15 is 0 Å². The largest absolute Gasteiger partial charge is 0.269 e. The molecule has 1 aliphatic rings. The molecule has 2 atom stereocenters. The third-order valence-corrected chi connectivity index (χ3v) is 1.63. The number of nitrogens with zero attached hydrogens (tertiary/aromatic N) is 1. The minimum Gasteiger partial charge on any atom is -0.269 e. The molecule has 44 valence electrons. The monoisotopic (exact) mass is 109 g/mol. The summed E-state index contributed by atoms with van der Waals surface area (Å²) < 4.78 is 0. The maximum absolute atomic E-state index is 4.00. The molecule has 0 aromatic heterocycles. The van der Waals surface area contributed by atoms with Crippen molar-refractivity contribution in [3.8, 4) is 0 Å². The van der Waals surface area contributed by atoms with Crippen molar-refractivity contribution in [2.75, 3.05) is 0 Å². The zero-order valence-electron chi connectivity index (χ0n) is 5.33. The molecule has 0 saturated heterocycles. The highest BCUT2D eigenvalue weighted by molar-refractivity contribution is 5.62. The van der Waals surface area contributed by atoms with Gasteiger partial charge in [0, 0.05) is 12.4 Å². The fraction of sp³-hybridized carbons (Fsp3) is 0.571. The molecular formula is C7H11N. The van der Waals surface area contributed by atoms with Crippen LogP contribution in [-0.2, 0) is 0 Å². The zero-order valence-corrected chi connectivity index (χ0v) is 5.33. The van der Waals surface area contributed by atoms with Crippen LogP contribution in [0.25, 0.3) is 0 Å². The van der Waals surface area contributed by atoms with E-state index in [1.165, 1.54) is 0 Å². The normalized spacial score (nSPS) is 35.8. The summed E-state index contributed by atoms with van der Waals surface area (Å²) in [4.78, 5) is 4.00. The molecule has 1 nitrogen and oxygen atoms in total. The first-order valence-electron chi connectivity index (χ1n) is 3.00. The van der Waals surface area contributed by atoms with Gasteiger partial charge in [-0.05, 0) is 11.8 Å². The van der Waals surface area contributed by atoms with Gasteiger partial charge >= 0.3 is 0 Å². The van der Waals surface area contributed by atoms with Crippen molar-refractivity contribution in [3.63, 3.8) is 0 Å². The van der Waals surface area contributed by atoms with Crippen molar-refractivity contribution in [2.24, 2.45) is 16.8 Å². The van der Waals surface area contributed by atoms with E-state index in [1.54, 1.807) is 0 Å². The molecule has 2 unspecified atom stereocenters. The molecule has 0 aliphatic carbocycles. The van der Waals surface area contributed by atoms with Crippen molar-refractivity contribution in [2.45, 2.75) is 13.8 Å². The lowest BCUT2D eigenvalue weighted by Crippen LogP contribution is -2.08. The maximum atomic E-state index is 4.00. The Morgan fingerprint density at radius 3 is 2.38 bits per heavy atom. The van der Waals surface area contributed by atoms with Crippen LogP contribution in [-0.4, -0.2) is 6.21 Å². The minimum atomic E-state index is 0.625. The number of hydrogen-bond acceptors (Lipinski definition) is 1. The molecule has 0 amide bonds. The summed E-state index contributed by atoms with van der Waals surface area (Å²) >= 11 is 0. The Balaban J connectivity index is 2.59. The molecule has 0 aromatic rings. The second kappa shape index (κ2) is 2.12. The van der Waals surface area contributed by atoms with Gasteiger partial charge in [-0.1, -0.05) is 19.9 Å². The molecule has 0 fully saturated rings. The summed E-state index contributed by atoms with van der Waals surface area (Å²) in [6.07, 6.45) is 5.99. The van der Waals surface area contributed by atoms with Crippen molar-refractivity contribution in [1.82, 2.24) is 0 Å². The highest BCUT2D eigenvalue weighted by Crippen LogP contribution is 2.12. The molecule has 1 heteroatoms. The Bertz CT molecular complexity index is 108. The van der Waals surface area contributed by atoms with E-state index in [9.17, 15) is 0 Å². The fourth-order valence-corrected chi connectivity index (χ4v) is 0.682. The molecule has 8 heavy (non-hydrogen) atoms. The van der Waals surface area contributed by atoms with E-state index in [0.29, 0.717) is 11.8 Å². The summed E-state index contributed by atoms with van der Waals surface area (Å²) in [6.45, 7) is 4.38. The summed E-state index contributed by atoms with van der Waals surface area (Å²) in [5.74, 6) is 1.30. The van der Waals surface area contributed by atoms with Gasteiger partial charge in [0.05, 0.1) is 0 Å². The van der Waals surface area contributed by atoms with Gasteiger partial charge in [0.2, 0.25) is 0 Å². The number of hydrogen-bond donors (Lipinski definition) is 0. The van der Waals surface area contributed by atoms with Crippen LogP contribution in [0.1, 0.15) is 13.8 Å². The fourth-order valence-electron chi connectivity index (χ4n) is 0.682. The Labute approximate surface area is 50.1 Å². The van der Waals surface area contributed by atoms with Crippen LogP contribution in [0.15, 0.2) is 17.3 Å². The molecule has 1 aliphatic heterocycles. The number of rotatable bonds is 0.